The van der Waals surface area contributed by atoms with E-state index in [1.54, 1.807) is 0 Å². The highest BCUT2D eigenvalue weighted by atomic mass is 32.1. The van der Waals surface area contributed by atoms with Crippen molar-refractivity contribution in [3.05, 3.63) is 47.5 Å². The van der Waals surface area contributed by atoms with E-state index in [2.05, 4.69) is 48.3 Å². The predicted molar refractivity (Wildman–Crippen MR) is 66.3 cm³/mol. The lowest BCUT2D eigenvalue weighted by Gasteiger charge is -1.97. The first-order valence-electron chi connectivity index (χ1n) is 4.97. The molecule has 2 aromatic heterocycles. The van der Waals surface area contributed by atoms with E-state index in [-0.39, 0.29) is 0 Å². The summed E-state index contributed by atoms with van der Waals surface area (Å²) in [4.78, 5) is 5.94. The van der Waals surface area contributed by atoms with Crippen LogP contribution in [-0.2, 0) is 0 Å². The minimum atomic E-state index is 1.21. The summed E-state index contributed by atoms with van der Waals surface area (Å²) in [6, 6.07) is 13.0. The molecular formula is C13H11NS. The quantitative estimate of drug-likeness (QED) is 0.623. The molecule has 3 rings (SSSR count). The zero-order chi connectivity index (χ0) is 10.3. The average Bonchev–Trinajstić information content (AvgIpc) is 2.84. The van der Waals surface area contributed by atoms with Gasteiger partial charge in [0.05, 0.1) is 0 Å². The van der Waals surface area contributed by atoms with E-state index in [0.717, 1.165) is 0 Å². The number of hydrogen-bond donors (Lipinski definition) is 1. The third kappa shape index (κ3) is 1.47. The molecule has 2 heterocycles. The van der Waals surface area contributed by atoms with Crippen molar-refractivity contribution < 1.29 is 0 Å². The molecule has 0 spiro atoms. The van der Waals surface area contributed by atoms with Crippen molar-refractivity contribution >= 4 is 22.2 Å². The molecule has 15 heavy (non-hydrogen) atoms. The number of hydrogen-bond acceptors (Lipinski definition) is 1. The topological polar surface area (TPSA) is 15.8 Å². The first-order valence-corrected chi connectivity index (χ1v) is 5.78. The van der Waals surface area contributed by atoms with Gasteiger partial charge in [-0.05, 0) is 42.1 Å². The van der Waals surface area contributed by atoms with Crippen LogP contribution in [0.15, 0.2) is 42.6 Å². The van der Waals surface area contributed by atoms with E-state index in [1.807, 2.05) is 17.5 Å². The SMILES string of the molecule is Cc1ccc(-c2ccc3cc[nH]c3c2)s1. The Morgan fingerprint density at radius 1 is 1.07 bits per heavy atom. The maximum atomic E-state index is 3.24. The van der Waals surface area contributed by atoms with Gasteiger partial charge in [0.2, 0.25) is 0 Å². The number of nitrogens with one attached hydrogen (secondary N) is 1. The first-order chi connectivity index (χ1) is 7.33. The Bertz CT molecular complexity index is 604. The van der Waals surface area contributed by atoms with Gasteiger partial charge in [-0.25, -0.2) is 0 Å². The van der Waals surface area contributed by atoms with Crippen molar-refractivity contribution in [3.8, 4) is 10.4 Å². The van der Waals surface area contributed by atoms with Crippen molar-refractivity contribution in [2.75, 3.05) is 0 Å². The summed E-state index contributed by atoms with van der Waals surface area (Å²) in [6.45, 7) is 2.14. The molecule has 1 N–H and O–H groups in total. The Hall–Kier alpha value is -1.54. The van der Waals surface area contributed by atoms with Crippen LogP contribution in [-0.4, -0.2) is 4.98 Å². The standard InChI is InChI=1S/C13H11NS/c1-9-2-5-13(15-9)11-4-3-10-6-7-14-12(10)8-11/h2-8,14H,1H3. The molecular weight excluding hydrogens is 202 g/mol. The predicted octanol–water partition coefficient (Wildman–Crippen LogP) is 4.20. The van der Waals surface area contributed by atoms with Crippen molar-refractivity contribution in [1.82, 2.24) is 4.98 Å². The Morgan fingerprint density at radius 2 is 2.00 bits per heavy atom. The third-order valence-electron chi connectivity index (χ3n) is 2.58. The van der Waals surface area contributed by atoms with Crippen molar-refractivity contribution in [3.63, 3.8) is 0 Å². The lowest BCUT2D eigenvalue weighted by Crippen LogP contribution is -1.72. The maximum absolute atomic E-state index is 3.24. The van der Waals surface area contributed by atoms with Gasteiger partial charge >= 0.3 is 0 Å². The molecule has 0 saturated carbocycles. The van der Waals surface area contributed by atoms with E-state index in [4.69, 9.17) is 0 Å². The molecule has 3 aromatic rings. The van der Waals surface area contributed by atoms with E-state index in [9.17, 15) is 0 Å². The first kappa shape index (κ1) is 8.74. The van der Waals surface area contributed by atoms with Crippen LogP contribution >= 0.6 is 11.3 Å². The van der Waals surface area contributed by atoms with Crippen molar-refractivity contribution in [2.45, 2.75) is 6.92 Å². The van der Waals surface area contributed by atoms with Crippen molar-refractivity contribution in [1.29, 1.82) is 0 Å². The number of rotatable bonds is 1. The van der Waals surface area contributed by atoms with Crippen LogP contribution in [0.1, 0.15) is 4.88 Å². The molecule has 1 nitrogen and oxygen atoms in total. The molecule has 0 saturated heterocycles. The minimum absolute atomic E-state index is 1.21. The number of aromatic amines is 1. The fourth-order valence-corrected chi connectivity index (χ4v) is 2.65. The number of fused-ring (bicyclic) bond motifs is 1. The average molecular weight is 213 g/mol. The Labute approximate surface area is 92.4 Å². The summed E-state index contributed by atoms with van der Waals surface area (Å²) >= 11 is 1.84. The van der Waals surface area contributed by atoms with Crippen LogP contribution in [0.4, 0.5) is 0 Å². The maximum Gasteiger partial charge on any atom is 0.0460 e. The third-order valence-corrected chi connectivity index (χ3v) is 3.63. The summed E-state index contributed by atoms with van der Waals surface area (Å²) in [7, 11) is 0. The molecule has 0 aliphatic carbocycles. The Kier molecular flexibility index (Phi) is 1.89. The molecule has 0 amide bonds. The summed E-state index contributed by atoms with van der Waals surface area (Å²) in [5.74, 6) is 0. The van der Waals surface area contributed by atoms with E-state index < -0.39 is 0 Å². The second-order valence-electron chi connectivity index (χ2n) is 3.69. The number of aryl methyl sites for hydroxylation is 1. The molecule has 0 fully saturated rings. The minimum Gasteiger partial charge on any atom is -0.361 e. The highest BCUT2D eigenvalue weighted by molar-refractivity contribution is 7.15. The van der Waals surface area contributed by atoms with Gasteiger partial charge in [-0.15, -0.1) is 11.3 Å². The van der Waals surface area contributed by atoms with Gasteiger partial charge in [-0.1, -0.05) is 12.1 Å². The van der Waals surface area contributed by atoms with Crippen LogP contribution in [0.2, 0.25) is 0 Å². The van der Waals surface area contributed by atoms with Crippen LogP contribution in [0.3, 0.4) is 0 Å². The highest BCUT2D eigenvalue weighted by Gasteiger charge is 2.02. The van der Waals surface area contributed by atoms with Crippen LogP contribution < -0.4 is 0 Å². The zero-order valence-corrected chi connectivity index (χ0v) is 9.27. The number of thiophene rings is 1. The summed E-state index contributed by atoms with van der Waals surface area (Å²) < 4.78 is 0. The molecule has 0 aliphatic rings. The number of benzene rings is 1. The summed E-state index contributed by atoms with van der Waals surface area (Å²) in [5, 5.41) is 1.27. The molecule has 0 radical (unpaired) electrons. The molecule has 0 unspecified atom stereocenters. The summed E-state index contributed by atoms with van der Waals surface area (Å²) in [5.41, 5.74) is 2.50. The molecule has 0 aliphatic heterocycles. The van der Waals surface area contributed by atoms with Crippen LogP contribution in [0, 0.1) is 6.92 Å². The molecule has 0 bridgehead atoms. The smallest absolute Gasteiger partial charge is 0.0460 e. The van der Waals surface area contributed by atoms with Gasteiger partial charge in [-0.3, -0.25) is 0 Å². The van der Waals surface area contributed by atoms with E-state index >= 15 is 0 Å². The van der Waals surface area contributed by atoms with Crippen LogP contribution in [0.5, 0.6) is 0 Å². The highest BCUT2D eigenvalue weighted by Crippen LogP contribution is 2.29. The lowest BCUT2D eigenvalue weighted by molar-refractivity contribution is 1.48. The fraction of sp³-hybridized carbons (Fsp3) is 0.0769. The fourth-order valence-electron chi connectivity index (χ4n) is 1.79. The Balaban J connectivity index is 2.18. The molecule has 2 heteroatoms. The molecule has 74 valence electrons. The lowest BCUT2D eigenvalue weighted by atomic mass is 10.1. The van der Waals surface area contributed by atoms with Gasteiger partial charge in [0.1, 0.15) is 0 Å². The normalized spacial score (nSPS) is 11.0. The largest absolute Gasteiger partial charge is 0.361 e. The van der Waals surface area contributed by atoms with Gasteiger partial charge < -0.3 is 4.98 Å². The van der Waals surface area contributed by atoms with Gasteiger partial charge in [0.15, 0.2) is 0 Å². The molecule has 1 aromatic carbocycles. The zero-order valence-electron chi connectivity index (χ0n) is 8.45. The molecule has 0 atom stereocenters. The van der Waals surface area contributed by atoms with Gasteiger partial charge in [0, 0.05) is 21.5 Å². The van der Waals surface area contributed by atoms with E-state index in [1.165, 1.54) is 26.2 Å². The van der Waals surface area contributed by atoms with Gasteiger partial charge in [0.25, 0.3) is 0 Å². The monoisotopic (exact) mass is 213 g/mol. The van der Waals surface area contributed by atoms with Gasteiger partial charge in [-0.2, -0.15) is 0 Å². The van der Waals surface area contributed by atoms with E-state index in [0.29, 0.717) is 0 Å². The number of H-pyrrole nitrogens is 1. The Morgan fingerprint density at radius 3 is 2.80 bits per heavy atom. The second kappa shape index (κ2) is 3.24. The van der Waals surface area contributed by atoms with Crippen LogP contribution in [0.25, 0.3) is 21.3 Å². The summed E-state index contributed by atoms with van der Waals surface area (Å²) in [6.07, 6.45) is 1.98. The number of aromatic nitrogens is 1. The van der Waals surface area contributed by atoms with Crippen molar-refractivity contribution in [2.24, 2.45) is 0 Å². The second-order valence-corrected chi connectivity index (χ2v) is 4.98.